The highest BCUT2D eigenvalue weighted by atomic mass is 16.2. The van der Waals surface area contributed by atoms with Gasteiger partial charge in [0.2, 0.25) is 11.8 Å². The number of rotatable bonds is 7. The predicted octanol–water partition coefficient (Wildman–Crippen LogP) is 3.68. The number of H-pyrrole nitrogens is 1. The van der Waals surface area contributed by atoms with Gasteiger partial charge in [0.15, 0.2) is 0 Å². The number of carbonyl (C=O) groups is 2. The zero-order valence-electron chi connectivity index (χ0n) is 17.9. The lowest BCUT2D eigenvalue weighted by molar-refractivity contribution is -0.127. The molecule has 3 aromatic carbocycles. The molecule has 32 heavy (non-hydrogen) atoms. The molecule has 0 spiro atoms. The fourth-order valence-corrected chi connectivity index (χ4v) is 3.86. The number of amides is 2. The second-order valence-electron chi connectivity index (χ2n) is 7.80. The summed E-state index contributed by atoms with van der Waals surface area (Å²) in [7, 11) is 1.73. The number of para-hydroxylation sites is 2. The van der Waals surface area contributed by atoms with E-state index >= 15 is 0 Å². The van der Waals surface area contributed by atoms with Crippen LogP contribution in [0, 0.1) is 0 Å². The zero-order chi connectivity index (χ0) is 22.5. The lowest BCUT2D eigenvalue weighted by Crippen LogP contribution is -2.49. The van der Waals surface area contributed by atoms with Crippen molar-refractivity contribution < 1.29 is 9.59 Å². The summed E-state index contributed by atoms with van der Waals surface area (Å²) >= 11 is 0. The van der Waals surface area contributed by atoms with Crippen LogP contribution >= 0.6 is 0 Å². The fraction of sp³-hybridized carbons (Fsp3) is 0.154. The second kappa shape index (κ2) is 9.39. The van der Waals surface area contributed by atoms with Crippen LogP contribution in [-0.2, 0) is 22.4 Å². The molecular weight excluding hydrogens is 400 g/mol. The third-order valence-corrected chi connectivity index (χ3v) is 5.57. The van der Waals surface area contributed by atoms with Crippen molar-refractivity contribution >= 4 is 34.1 Å². The fourth-order valence-electron chi connectivity index (χ4n) is 3.86. The minimum absolute atomic E-state index is 0.150. The first-order valence-electron chi connectivity index (χ1n) is 10.5. The smallest absolute Gasteiger partial charge is 0.249 e. The normalized spacial score (nSPS) is 11.8. The molecule has 0 radical (unpaired) electrons. The predicted molar refractivity (Wildman–Crippen MR) is 128 cm³/mol. The quantitative estimate of drug-likeness (QED) is 0.394. The maximum Gasteiger partial charge on any atom is 0.249 e. The maximum absolute atomic E-state index is 13.3. The van der Waals surface area contributed by atoms with Crippen LogP contribution in [0.3, 0.4) is 0 Å². The van der Waals surface area contributed by atoms with Gasteiger partial charge in [-0.1, -0.05) is 60.7 Å². The lowest BCUT2D eigenvalue weighted by atomic mass is 10.0. The Bertz CT molecular complexity index is 1220. The third kappa shape index (κ3) is 4.64. The molecule has 6 heteroatoms. The summed E-state index contributed by atoms with van der Waals surface area (Å²) in [5, 5.41) is 3.87. The lowest BCUT2D eigenvalue weighted by Gasteiger charge is -2.25. The van der Waals surface area contributed by atoms with E-state index in [9.17, 15) is 9.59 Å². The molecule has 1 heterocycles. The van der Waals surface area contributed by atoms with Gasteiger partial charge in [0, 0.05) is 30.7 Å². The highest BCUT2D eigenvalue weighted by molar-refractivity contribution is 6.00. The van der Waals surface area contributed by atoms with E-state index in [0.29, 0.717) is 12.1 Å². The minimum atomic E-state index is -0.689. The minimum Gasteiger partial charge on any atom is -0.397 e. The van der Waals surface area contributed by atoms with Crippen molar-refractivity contribution in [3.8, 4) is 0 Å². The summed E-state index contributed by atoms with van der Waals surface area (Å²) in [6, 6.07) is 24.0. The number of benzene rings is 3. The summed E-state index contributed by atoms with van der Waals surface area (Å²) in [5.41, 5.74) is 10.1. The molecule has 0 fully saturated rings. The standard InChI is InChI=1S/C26H26N4O2/c1-30(20-11-6-3-7-12-20)26(32)23(15-18-9-4-2-5-10-18)29-24(31)16-19-17-28-25-21(19)13-8-14-22(25)27/h2-14,17,23,28H,15-16,27H2,1H3,(H,29,31)/t23-/m0/s1. The number of carbonyl (C=O) groups excluding carboxylic acids is 2. The van der Waals surface area contributed by atoms with E-state index in [1.165, 1.54) is 0 Å². The van der Waals surface area contributed by atoms with Crippen LogP contribution in [0.25, 0.3) is 10.9 Å². The van der Waals surface area contributed by atoms with Crippen molar-refractivity contribution in [2.75, 3.05) is 17.7 Å². The Morgan fingerprint density at radius 2 is 1.66 bits per heavy atom. The molecular formula is C26H26N4O2. The maximum atomic E-state index is 13.3. The van der Waals surface area contributed by atoms with E-state index in [2.05, 4.69) is 10.3 Å². The number of nitrogens with two attached hydrogens (primary N) is 1. The Balaban J connectivity index is 1.54. The Morgan fingerprint density at radius 3 is 2.38 bits per heavy atom. The number of aromatic nitrogens is 1. The van der Waals surface area contributed by atoms with E-state index in [0.717, 1.165) is 27.7 Å². The Morgan fingerprint density at radius 1 is 0.969 bits per heavy atom. The topological polar surface area (TPSA) is 91.2 Å². The molecule has 2 amide bonds. The molecule has 0 unspecified atom stereocenters. The van der Waals surface area contributed by atoms with Gasteiger partial charge < -0.3 is 20.9 Å². The van der Waals surface area contributed by atoms with Gasteiger partial charge in [0.25, 0.3) is 0 Å². The average Bonchev–Trinajstić information content (AvgIpc) is 3.23. The molecule has 0 aliphatic heterocycles. The van der Waals surface area contributed by atoms with Gasteiger partial charge in [-0.15, -0.1) is 0 Å². The third-order valence-electron chi connectivity index (χ3n) is 5.57. The van der Waals surface area contributed by atoms with Crippen molar-refractivity contribution in [1.82, 2.24) is 10.3 Å². The SMILES string of the molecule is CN(C(=O)[C@H](Cc1ccccc1)NC(=O)Cc1c[nH]c2c(N)cccc12)c1ccccc1. The largest absolute Gasteiger partial charge is 0.397 e. The summed E-state index contributed by atoms with van der Waals surface area (Å²) in [4.78, 5) is 31.0. The van der Waals surface area contributed by atoms with Crippen LogP contribution < -0.4 is 16.0 Å². The number of nitrogens with one attached hydrogen (secondary N) is 2. The molecule has 0 bridgehead atoms. The molecule has 0 saturated heterocycles. The molecule has 4 N–H and O–H groups in total. The molecule has 0 aliphatic rings. The van der Waals surface area contributed by atoms with Crippen molar-refractivity contribution in [3.05, 3.63) is 96.2 Å². The first kappa shape index (κ1) is 21.2. The zero-order valence-corrected chi connectivity index (χ0v) is 17.9. The molecule has 4 aromatic rings. The number of hydrogen-bond donors (Lipinski definition) is 3. The van der Waals surface area contributed by atoms with E-state index in [4.69, 9.17) is 5.73 Å². The van der Waals surface area contributed by atoms with Crippen molar-refractivity contribution in [1.29, 1.82) is 0 Å². The van der Waals surface area contributed by atoms with Crippen LogP contribution in [0.5, 0.6) is 0 Å². The Hall–Kier alpha value is -4.06. The molecule has 0 aliphatic carbocycles. The monoisotopic (exact) mass is 426 g/mol. The number of aromatic amines is 1. The van der Waals surface area contributed by atoms with Crippen LogP contribution in [0.15, 0.2) is 85.1 Å². The molecule has 1 atom stereocenters. The molecule has 0 saturated carbocycles. The van der Waals surface area contributed by atoms with Gasteiger partial charge in [-0.25, -0.2) is 0 Å². The van der Waals surface area contributed by atoms with Gasteiger partial charge in [-0.3, -0.25) is 9.59 Å². The number of anilines is 2. The van der Waals surface area contributed by atoms with E-state index < -0.39 is 6.04 Å². The summed E-state index contributed by atoms with van der Waals surface area (Å²) in [6.07, 6.45) is 2.35. The molecule has 4 rings (SSSR count). The van der Waals surface area contributed by atoms with Gasteiger partial charge in [-0.05, 0) is 29.3 Å². The molecule has 1 aromatic heterocycles. The number of likely N-dealkylation sites (N-methyl/N-ethyl adjacent to an activating group) is 1. The summed E-state index contributed by atoms with van der Waals surface area (Å²) in [5.74, 6) is -0.388. The molecule has 6 nitrogen and oxygen atoms in total. The van der Waals surface area contributed by atoms with Crippen LogP contribution in [0.2, 0.25) is 0 Å². The van der Waals surface area contributed by atoms with E-state index in [1.54, 1.807) is 18.1 Å². The number of nitrogen functional groups attached to an aromatic ring is 1. The molecule has 162 valence electrons. The first-order chi connectivity index (χ1) is 15.5. The second-order valence-corrected chi connectivity index (χ2v) is 7.80. The van der Waals surface area contributed by atoms with Gasteiger partial charge >= 0.3 is 0 Å². The Kier molecular flexibility index (Phi) is 6.22. The van der Waals surface area contributed by atoms with E-state index in [1.807, 2.05) is 78.9 Å². The summed E-state index contributed by atoms with van der Waals surface area (Å²) in [6.45, 7) is 0. The average molecular weight is 427 g/mol. The Labute approximate surface area is 187 Å². The van der Waals surface area contributed by atoms with Crippen molar-refractivity contribution in [2.45, 2.75) is 18.9 Å². The summed E-state index contributed by atoms with van der Waals surface area (Å²) < 4.78 is 0. The van der Waals surface area contributed by atoms with Crippen LogP contribution in [0.4, 0.5) is 11.4 Å². The van der Waals surface area contributed by atoms with Crippen LogP contribution in [0.1, 0.15) is 11.1 Å². The first-order valence-corrected chi connectivity index (χ1v) is 10.5. The number of hydrogen-bond acceptors (Lipinski definition) is 3. The van der Waals surface area contributed by atoms with Gasteiger partial charge in [-0.2, -0.15) is 0 Å². The highest BCUT2D eigenvalue weighted by Gasteiger charge is 2.25. The van der Waals surface area contributed by atoms with Gasteiger partial charge in [0.05, 0.1) is 17.6 Å². The number of nitrogens with zero attached hydrogens (tertiary/aromatic N) is 1. The van der Waals surface area contributed by atoms with Crippen LogP contribution in [-0.4, -0.2) is 29.9 Å². The van der Waals surface area contributed by atoms with Crippen molar-refractivity contribution in [2.24, 2.45) is 0 Å². The van der Waals surface area contributed by atoms with E-state index in [-0.39, 0.29) is 18.2 Å². The van der Waals surface area contributed by atoms with Crippen molar-refractivity contribution in [3.63, 3.8) is 0 Å². The van der Waals surface area contributed by atoms with Gasteiger partial charge in [0.1, 0.15) is 6.04 Å². The highest BCUT2D eigenvalue weighted by Crippen LogP contribution is 2.23. The number of fused-ring (bicyclic) bond motifs is 1.